The summed E-state index contributed by atoms with van der Waals surface area (Å²) >= 11 is 1.45. The second kappa shape index (κ2) is 7.39. The predicted molar refractivity (Wildman–Crippen MR) is 78.1 cm³/mol. The van der Waals surface area contributed by atoms with Gasteiger partial charge in [0.25, 0.3) is 0 Å². The van der Waals surface area contributed by atoms with Crippen LogP contribution in [0.2, 0.25) is 0 Å². The van der Waals surface area contributed by atoms with E-state index < -0.39 is 11.7 Å². The van der Waals surface area contributed by atoms with Gasteiger partial charge in [-0.05, 0) is 43.3 Å². The van der Waals surface area contributed by atoms with Crippen LogP contribution in [0.25, 0.3) is 0 Å². The summed E-state index contributed by atoms with van der Waals surface area (Å²) in [7, 11) is 0. The average Bonchev–Trinajstić information content (AvgIpc) is 2.43. The summed E-state index contributed by atoms with van der Waals surface area (Å²) in [5, 5.41) is 0. The largest absolute Gasteiger partial charge is 0.416 e. The van der Waals surface area contributed by atoms with Gasteiger partial charge in [-0.1, -0.05) is 43.3 Å². The van der Waals surface area contributed by atoms with Gasteiger partial charge >= 0.3 is 6.18 Å². The van der Waals surface area contributed by atoms with Gasteiger partial charge in [-0.3, -0.25) is 0 Å². The molecule has 0 N–H and O–H groups in total. The lowest BCUT2D eigenvalue weighted by molar-refractivity contribution is -0.137. The van der Waals surface area contributed by atoms with Gasteiger partial charge in [-0.25, -0.2) is 0 Å². The van der Waals surface area contributed by atoms with E-state index in [1.54, 1.807) is 0 Å². The maximum atomic E-state index is 12.4. The summed E-state index contributed by atoms with van der Waals surface area (Å²) in [5.41, 5.74) is 0.544. The first kappa shape index (κ1) is 16.6. The highest BCUT2D eigenvalue weighted by Crippen LogP contribution is 2.32. The van der Waals surface area contributed by atoms with Crippen LogP contribution in [0, 0.1) is 6.92 Å². The van der Waals surface area contributed by atoms with Crippen molar-refractivity contribution in [2.24, 2.45) is 0 Å². The lowest BCUT2D eigenvalue weighted by atomic mass is 10.2. The maximum Gasteiger partial charge on any atom is 0.416 e. The van der Waals surface area contributed by atoms with Crippen molar-refractivity contribution in [3.8, 4) is 0 Å². The monoisotopic (exact) mass is 298 g/mol. The van der Waals surface area contributed by atoms with Gasteiger partial charge < -0.3 is 0 Å². The molecule has 20 heavy (non-hydrogen) atoms. The fraction of sp³-hybridized carbons (Fsp3) is 0.250. The van der Waals surface area contributed by atoms with Crippen molar-refractivity contribution in [1.29, 1.82) is 0 Å². The Balaban J connectivity index is 0.000000956. The van der Waals surface area contributed by atoms with Gasteiger partial charge in [-0.15, -0.1) is 0 Å². The van der Waals surface area contributed by atoms with Gasteiger partial charge in [0.2, 0.25) is 0 Å². The molecule has 0 nitrogen and oxygen atoms in total. The fourth-order valence-corrected chi connectivity index (χ4v) is 2.27. The van der Waals surface area contributed by atoms with Crippen LogP contribution in [0.5, 0.6) is 0 Å². The molecule has 0 bridgehead atoms. The molecule has 0 heterocycles. The van der Waals surface area contributed by atoms with Crippen molar-refractivity contribution in [2.75, 3.05) is 0 Å². The Morgan fingerprint density at radius 3 is 1.55 bits per heavy atom. The second-order valence-electron chi connectivity index (χ2n) is 3.94. The molecule has 0 unspecified atom stereocenters. The first-order valence-electron chi connectivity index (χ1n) is 6.37. The second-order valence-corrected chi connectivity index (χ2v) is 5.08. The van der Waals surface area contributed by atoms with Gasteiger partial charge in [0.05, 0.1) is 5.56 Å². The summed E-state index contributed by atoms with van der Waals surface area (Å²) < 4.78 is 37.2. The molecule has 0 aliphatic carbocycles. The average molecular weight is 298 g/mol. The summed E-state index contributed by atoms with van der Waals surface area (Å²) in [4.78, 5) is 1.81. The number of hydrogen-bond acceptors (Lipinski definition) is 1. The molecule has 2 aromatic rings. The van der Waals surface area contributed by atoms with E-state index in [0.29, 0.717) is 0 Å². The molecule has 0 spiro atoms. The van der Waals surface area contributed by atoms with Crippen LogP contribution in [0.15, 0.2) is 58.3 Å². The number of halogens is 3. The highest BCUT2D eigenvalue weighted by Gasteiger charge is 2.29. The zero-order valence-electron chi connectivity index (χ0n) is 11.7. The van der Waals surface area contributed by atoms with E-state index in [2.05, 4.69) is 0 Å². The molecule has 0 saturated heterocycles. The first-order chi connectivity index (χ1) is 9.45. The van der Waals surface area contributed by atoms with Crippen LogP contribution in [-0.2, 0) is 6.18 Å². The highest BCUT2D eigenvalue weighted by atomic mass is 32.2. The minimum Gasteiger partial charge on any atom is -0.166 e. The summed E-state index contributed by atoms with van der Waals surface area (Å²) in [6, 6.07) is 13.1. The molecule has 0 fully saturated rings. The van der Waals surface area contributed by atoms with Crippen molar-refractivity contribution in [3.63, 3.8) is 0 Å². The van der Waals surface area contributed by atoms with Crippen LogP contribution in [0.4, 0.5) is 13.2 Å². The third-order valence-corrected chi connectivity index (χ3v) is 3.45. The van der Waals surface area contributed by atoms with Crippen LogP contribution < -0.4 is 0 Å². The molecule has 0 aliphatic heterocycles. The topological polar surface area (TPSA) is 0 Å². The molecular weight excluding hydrogens is 281 g/mol. The van der Waals surface area contributed by atoms with Crippen molar-refractivity contribution in [3.05, 3.63) is 59.7 Å². The fourth-order valence-electron chi connectivity index (χ4n) is 1.45. The molecule has 0 amide bonds. The van der Waals surface area contributed by atoms with Crippen molar-refractivity contribution < 1.29 is 13.2 Å². The molecule has 2 aromatic carbocycles. The van der Waals surface area contributed by atoms with E-state index in [0.717, 1.165) is 27.5 Å². The van der Waals surface area contributed by atoms with E-state index in [-0.39, 0.29) is 0 Å². The predicted octanol–water partition coefficient (Wildman–Crippen LogP) is 6.19. The summed E-state index contributed by atoms with van der Waals surface area (Å²) in [5.74, 6) is 0. The van der Waals surface area contributed by atoms with Crippen LogP contribution >= 0.6 is 11.8 Å². The Labute approximate surface area is 122 Å². The SMILES string of the molecule is CC.Cc1ccc(Sc2ccc(C(F)(F)F)cc2)cc1. The van der Waals surface area contributed by atoms with E-state index in [9.17, 15) is 13.2 Å². The lowest BCUT2D eigenvalue weighted by Crippen LogP contribution is -2.03. The number of rotatable bonds is 2. The van der Waals surface area contributed by atoms with Gasteiger partial charge in [-0.2, -0.15) is 13.2 Å². The van der Waals surface area contributed by atoms with Crippen molar-refractivity contribution >= 4 is 11.8 Å². The Morgan fingerprint density at radius 1 is 0.750 bits per heavy atom. The molecule has 108 valence electrons. The minimum atomic E-state index is -4.27. The molecule has 2 rings (SSSR count). The molecule has 0 radical (unpaired) electrons. The van der Waals surface area contributed by atoms with Crippen molar-refractivity contribution in [1.82, 2.24) is 0 Å². The highest BCUT2D eigenvalue weighted by molar-refractivity contribution is 7.99. The Bertz CT molecular complexity index is 513. The Hall–Kier alpha value is -1.42. The molecule has 0 aliphatic rings. The normalized spacial score (nSPS) is 10.7. The van der Waals surface area contributed by atoms with Crippen LogP contribution in [0.3, 0.4) is 0 Å². The smallest absolute Gasteiger partial charge is 0.166 e. The van der Waals surface area contributed by atoms with E-state index in [1.165, 1.54) is 23.9 Å². The Morgan fingerprint density at radius 2 is 1.15 bits per heavy atom. The van der Waals surface area contributed by atoms with Gasteiger partial charge in [0, 0.05) is 9.79 Å². The zero-order valence-corrected chi connectivity index (χ0v) is 12.5. The first-order valence-corrected chi connectivity index (χ1v) is 7.18. The number of alkyl halides is 3. The molecule has 4 heteroatoms. The summed E-state index contributed by atoms with van der Waals surface area (Å²) in [6.45, 7) is 5.99. The van der Waals surface area contributed by atoms with Crippen LogP contribution in [-0.4, -0.2) is 0 Å². The van der Waals surface area contributed by atoms with Crippen molar-refractivity contribution in [2.45, 2.75) is 36.7 Å². The number of aryl methyl sites for hydroxylation is 1. The maximum absolute atomic E-state index is 12.4. The van der Waals surface area contributed by atoms with E-state index in [4.69, 9.17) is 0 Å². The van der Waals surface area contributed by atoms with E-state index in [1.807, 2.05) is 45.0 Å². The third-order valence-electron chi connectivity index (χ3n) is 2.44. The molecular formula is C16H17F3S. The molecule has 0 aromatic heterocycles. The summed E-state index contributed by atoms with van der Waals surface area (Å²) in [6.07, 6.45) is -4.27. The molecule has 0 atom stereocenters. The van der Waals surface area contributed by atoms with E-state index >= 15 is 0 Å². The van der Waals surface area contributed by atoms with Crippen LogP contribution in [0.1, 0.15) is 25.0 Å². The van der Waals surface area contributed by atoms with Gasteiger partial charge in [0.1, 0.15) is 0 Å². The zero-order chi connectivity index (χ0) is 15.2. The third kappa shape index (κ3) is 4.93. The standard InChI is InChI=1S/C14H11F3S.C2H6/c1-10-2-6-12(7-3-10)18-13-8-4-11(5-9-13)14(15,16)17;1-2/h2-9H,1H3;1-2H3. The number of hydrogen-bond donors (Lipinski definition) is 0. The number of benzene rings is 2. The van der Waals surface area contributed by atoms with Gasteiger partial charge in [0.15, 0.2) is 0 Å². The lowest BCUT2D eigenvalue weighted by Gasteiger charge is -2.07. The Kier molecular flexibility index (Phi) is 6.14. The molecule has 0 saturated carbocycles. The minimum absolute atomic E-state index is 0.615. The quantitative estimate of drug-likeness (QED) is 0.637.